The topological polar surface area (TPSA) is 97.4 Å². The molecule has 8 heteroatoms. The van der Waals surface area contributed by atoms with Gasteiger partial charge in [0.2, 0.25) is 0 Å². The van der Waals surface area contributed by atoms with Gasteiger partial charge in [-0.1, -0.05) is 25.1 Å². The van der Waals surface area contributed by atoms with Crippen molar-refractivity contribution in [3.05, 3.63) is 36.0 Å². The zero-order valence-electron chi connectivity index (χ0n) is 13.0. The molecule has 0 bridgehead atoms. The van der Waals surface area contributed by atoms with Crippen LogP contribution in [0.2, 0.25) is 0 Å². The van der Waals surface area contributed by atoms with E-state index >= 15 is 0 Å². The molecule has 1 atom stereocenters. The number of nitrogens with zero attached hydrogens (tertiary/aromatic N) is 2. The summed E-state index contributed by atoms with van der Waals surface area (Å²) in [5.74, 6) is -0.278. The molecule has 1 unspecified atom stereocenters. The van der Waals surface area contributed by atoms with E-state index in [0.717, 1.165) is 5.16 Å². The number of carboxylic acid groups (broad SMARTS) is 1. The van der Waals surface area contributed by atoms with Crippen LogP contribution in [-0.4, -0.2) is 32.6 Å². The summed E-state index contributed by atoms with van der Waals surface area (Å²) in [6, 6.07) is 2.36. The predicted molar refractivity (Wildman–Crippen MR) is 85.3 cm³/mol. The van der Waals surface area contributed by atoms with Gasteiger partial charge in [-0.15, -0.1) is 0 Å². The summed E-state index contributed by atoms with van der Waals surface area (Å²) in [6.45, 7) is 1.86. The first kappa shape index (κ1) is 17.1. The van der Waals surface area contributed by atoms with Gasteiger partial charge in [-0.25, -0.2) is 9.78 Å². The molecular weight excluding hydrogens is 318 g/mol. The number of amides is 1. The Morgan fingerprint density at radius 3 is 2.87 bits per heavy atom. The van der Waals surface area contributed by atoms with Crippen molar-refractivity contribution in [1.29, 1.82) is 0 Å². The Hall–Kier alpha value is -2.22. The molecule has 0 aromatic carbocycles. The fourth-order valence-corrected chi connectivity index (χ4v) is 2.81. The average Bonchev–Trinajstić information content (AvgIpc) is 3.13. The molecule has 0 aliphatic rings. The van der Waals surface area contributed by atoms with E-state index in [9.17, 15) is 9.59 Å². The molecule has 7 nitrogen and oxygen atoms in total. The van der Waals surface area contributed by atoms with Crippen molar-refractivity contribution in [2.45, 2.75) is 36.7 Å². The molecule has 0 radical (unpaired) electrons. The standard InChI is InChI=1S/C15H19N3O4S/c1-3-4-11(14(20)21)17-13(19)12-6-5-10(22-12)9-23-15-16-7-8-18(15)2/h5-8,11H,3-4,9H2,1-2H3,(H,17,19)(H,20,21). The van der Waals surface area contributed by atoms with Crippen LogP contribution in [0.5, 0.6) is 0 Å². The average molecular weight is 337 g/mol. The second kappa shape index (κ2) is 7.87. The minimum absolute atomic E-state index is 0.114. The summed E-state index contributed by atoms with van der Waals surface area (Å²) in [5, 5.41) is 12.4. The molecule has 124 valence electrons. The lowest BCUT2D eigenvalue weighted by atomic mass is 10.1. The first-order valence-electron chi connectivity index (χ1n) is 7.23. The summed E-state index contributed by atoms with van der Waals surface area (Å²) >= 11 is 1.49. The molecule has 1 amide bonds. The summed E-state index contributed by atoms with van der Waals surface area (Å²) < 4.78 is 7.37. The first-order chi connectivity index (χ1) is 11.0. The SMILES string of the molecule is CCCC(NC(=O)c1ccc(CSc2nccn2C)o1)C(=O)O. The quantitative estimate of drug-likeness (QED) is 0.717. The minimum atomic E-state index is -1.04. The van der Waals surface area contributed by atoms with Crippen LogP contribution in [0.3, 0.4) is 0 Å². The number of carboxylic acids is 1. The number of carbonyl (C=O) groups excluding carboxylic acids is 1. The van der Waals surface area contributed by atoms with Crippen LogP contribution in [0, 0.1) is 0 Å². The van der Waals surface area contributed by atoms with E-state index in [0.29, 0.717) is 24.4 Å². The van der Waals surface area contributed by atoms with E-state index in [2.05, 4.69) is 10.3 Å². The molecule has 0 saturated carbocycles. The molecule has 0 saturated heterocycles. The fraction of sp³-hybridized carbons (Fsp3) is 0.400. The largest absolute Gasteiger partial charge is 0.480 e. The third kappa shape index (κ3) is 4.62. The Balaban J connectivity index is 1.94. The number of rotatable bonds is 8. The van der Waals surface area contributed by atoms with Crippen LogP contribution >= 0.6 is 11.8 Å². The number of carbonyl (C=O) groups is 2. The van der Waals surface area contributed by atoms with Gasteiger partial charge >= 0.3 is 5.97 Å². The maximum absolute atomic E-state index is 12.0. The van der Waals surface area contributed by atoms with E-state index < -0.39 is 17.9 Å². The molecule has 0 aliphatic heterocycles. The zero-order valence-corrected chi connectivity index (χ0v) is 13.8. The number of aromatic nitrogens is 2. The fourth-order valence-electron chi connectivity index (χ4n) is 1.98. The number of hydrogen-bond donors (Lipinski definition) is 2. The monoisotopic (exact) mass is 337 g/mol. The van der Waals surface area contributed by atoms with Gasteiger partial charge < -0.3 is 19.4 Å². The molecule has 2 rings (SSSR count). The highest BCUT2D eigenvalue weighted by molar-refractivity contribution is 7.98. The normalized spacial score (nSPS) is 12.1. The second-order valence-electron chi connectivity index (χ2n) is 5.03. The molecule has 2 heterocycles. The molecule has 0 aliphatic carbocycles. The first-order valence-corrected chi connectivity index (χ1v) is 8.22. The molecule has 2 aromatic heterocycles. The Bertz CT molecular complexity index is 680. The smallest absolute Gasteiger partial charge is 0.326 e. The van der Waals surface area contributed by atoms with E-state index in [-0.39, 0.29) is 5.76 Å². The molecular formula is C15H19N3O4S. The Labute approximate surface area is 138 Å². The summed E-state index contributed by atoms with van der Waals surface area (Å²) in [4.78, 5) is 27.3. The van der Waals surface area contributed by atoms with Gasteiger partial charge in [-0.05, 0) is 18.6 Å². The van der Waals surface area contributed by atoms with Gasteiger partial charge in [0, 0.05) is 19.4 Å². The molecule has 0 fully saturated rings. The van der Waals surface area contributed by atoms with E-state index in [4.69, 9.17) is 9.52 Å². The van der Waals surface area contributed by atoms with Crippen molar-refractivity contribution in [2.24, 2.45) is 7.05 Å². The third-order valence-electron chi connectivity index (χ3n) is 3.19. The van der Waals surface area contributed by atoms with E-state index in [1.807, 2.05) is 24.7 Å². The van der Waals surface area contributed by atoms with Crippen molar-refractivity contribution in [1.82, 2.24) is 14.9 Å². The lowest BCUT2D eigenvalue weighted by Crippen LogP contribution is -2.40. The summed E-state index contributed by atoms with van der Waals surface area (Å²) in [5.41, 5.74) is 0. The number of thioether (sulfide) groups is 1. The predicted octanol–water partition coefficient (Wildman–Crippen LogP) is 2.29. The second-order valence-corrected chi connectivity index (χ2v) is 5.97. The third-order valence-corrected chi connectivity index (χ3v) is 4.27. The van der Waals surface area contributed by atoms with Crippen molar-refractivity contribution in [2.75, 3.05) is 0 Å². The Morgan fingerprint density at radius 2 is 2.26 bits per heavy atom. The van der Waals surface area contributed by atoms with Crippen molar-refractivity contribution < 1.29 is 19.1 Å². The van der Waals surface area contributed by atoms with Crippen molar-refractivity contribution >= 4 is 23.6 Å². The minimum Gasteiger partial charge on any atom is -0.480 e. The lowest BCUT2D eigenvalue weighted by molar-refractivity contribution is -0.139. The van der Waals surface area contributed by atoms with Gasteiger partial charge in [-0.3, -0.25) is 4.79 Å². The molecule has 23 heavy (non-hydrogen) atoms. The maximum atomic E-state index is 12.0. The number of hydrogen-bond acceptors (Lipinski definition) is 5. The van der Waals surface area contributed by atoms with Gasteiger partial charge in [0.15, 0.2) is 10.9 Å². The van der Waals surface area contributed by atoms with Crippen LogP contribution in [0.25, 0.3) is 0 Å². The van der Waals surface area contributed by atoms with Crippen LogP contribution < -0.4 is 5.32 Å². The van der Waals surface area contributed by atoms with Gasteiger partial charge in [0.25, 0.3) is 5.91 Å². The van der Waals surface area contributed by atoms with Crippen molar-refractivity contribution in [3.63, 3.8) is 0 Å². The summed E-state index contributed by atoms with van der Waals surface area (Å²) in [6.07, 6.45) is 4.61. The number of aliphatic carboxylic acids is 1. The highest BCUT2D eigenvalue weighted by atomic mass is 32.2. The highest BCUT2D eigenvalue weighted by Gasteiger charge is 2.21. The maximum Gasteiger partial charge on any atom is 0.326 e. The number of furan rings is 1. The number of imidazole rings is 1. The number of aryl methyl sites for hydroxylation is 1. The van der Waals surface area contributed by atoms with Crippen LogP contribution in [-0.2, 0) is 17.6 Å². The van der Waals surface area contributed by atoms with Crippen LogP contribution in [0.4, 0.5) is 0 Å². The Kier molecular flexibility index (Phi) is 5.86. The van der Waals surface area contributed by atoms with Crippen LogP contribution in [0.1, 0.15) is 36.1 Å². The van der Waals surface area contributed by atoms with Crippen LogP contribution in [0.15, 0.2) is 34.1 Å². The lowest BCUT2D eigenvalue weighted by Gasteiger charge is -2.12. The van der Waals surface area contributed by atoms with E-state index in [1.165, 1.54) is 11.8 Å². The highest BCUT2D eigenvalue weighted by Crippen LogP contribution is 2.21. The Morgan fingerprint density at radius 1 is 1.48 bits per heavy atom. The molecule has 2 N–H and O–H groups in total. The molecule has 2 aromatic rings. The van der Waals surface area contributed by atoms with Crippen molar-refractivity contribution in [3.8, 4) is 0 Å². The van der Waals surface area contributed by atoms with E-state index in [1.54, 1.807) is 18.3 Å². The summed E-state index contributed by atoms with van der Waals surface area (Å²) in [7, 11) is 1.90. The van der Waals surface area contributed by atoms with Gasteiger partial charge in [0.1, 0.15) is 11.8 Å². The molecule has 0 spiro atoms. The van der Waals surface area contributed by atoms with Gasteiger partial charge in [-0.2, -0.15) is 0 Å². The number of nitrogens with one attached hydrogen (secondary N) is 1. The van der Waals surface area contributed by atoms with Gasteiger partial charge in [0.05, 0.1) is 5.75 Å². The zero-order chi connectivity index (χ0) is 16.8.